The van der Waals surface area contributed by atoms with Gasteiger partial charge in [-0.05, 0) is 42.3 Å². The molecule has 5 heteroatoms. The van der Waals surface area contributed by atoms with E-state index in [4.69, 9.17) is 10.2 Å². The quantitative estimate of drug-likeness (QED) is 0.460. The van der Waals surface area contributed by atoms with Crippen molar-refractivity contribution < 1.29 is 4.57 Å². The lowest BCUT2D eigenvalue weighted by Gasteiger charge is -2.04. The lowest BCUT2D eigenvalue weighted by molar-refractivity contribution is 0.590. The minimum Gasteiger partial charge on any atom is -0.331 e. The van der Waals surface area contributed by atoms with Crippen LogP contribution in [0.3, 0.4) is 0 Å². The van der Waals surface area contributed by atoms with E-state index in [2.05, 4.69) is 17.6 Å². The Kier molecular flexibility index (Phi) is 5.91. The fraction of sp³-hybridized carbons (Fsp3) is 0.333. The van der Waals surface area contributed by atoms with Gasteiger partial charge >= 0.3 is 0 Å². The average Bonchev–Trinajstić information content (AvgIpc) is 2.97. The molecule has 0 bridgehead atoms. The largest absolute Gasteiger partial charge is 0.331 e. The highest BCUT2D eigenvalue weighted by molar-refractivity contribution is 7.53. The van der Waals surface area contributed by atoms with E-state index in [0.29, 0.717) is 12.0 Å². The van der Waals surface area contributed by atoms with E-state index in [9.17, 15) is 4.57 Å². The molecule has 0 fully saturated rings. The molecule has 2 aromatic carbocycles. The van der Waals surface area contributed by atoms with Crippen molar-refractivity contribution in [2.45, 2.75) is 32.6 Å². The van der Waals surface area contributed by atoms with Crippen molar-refractivity contribution in [3.63, 3.8) is 0 Å². The third-order valence-corrected chi connectivity index (χ3v) is 6.51. The highest BCUT2D eigenvalue weighted by Crippen LogP contribution is 2.25. The van der Waals surface area contributed by atoms with Crippen molar-refractivity contribution in [3.8, 4) is 6.07 Å². The SMILES string of the molecule is CCCCC[PH](=O)c1ccc2c(c1)nc(Cc1ccc(C#N)cc1)n2C. The molecule has 26 heavy (non-hydrogen) atoms. The van der Waals surface area contributed by atoms with Crippen LogP contribution in [0.2, 0.25) is 0 Å². The van der Waals surface area contributed by atoms with Crippen LogP contribution in [0.15, 0.2) is 42.5 Å². The van der Waals surface area contributed by atoms with Gasteiger partial charge in [-0.15, -0.1) is 0 Å². The number of nitriles is 1. The first-order valence-corrected chi connectivity index (χ1v) is 10.7. The van der Waals surface area contributed by atoms with Gasteiger partial charge in [0.25, 0.3) is 0 Å². The van der Waals surface area contributed by atoms with E-state index in [-0.39, 0.29) is 0 Å². The first-order chi connectivity index (χ1) is 12.6. The molecule has 134 valence electrons. The molecule has 0 aliphatic carbocycles. The average molecular weight is 365 g/mol. The van der Waals surface area contributed by atoms with Crippen LogP contribution >= 0.6 is 7.80 Å². The Morgan fingerprint density at radius 3 is 2.62 bits per heavy atom. The van der Waals surface area contributed by atoms with E-state index in [1.54, 1.807) is 0 Å². The molecule has 0 saturated heterocycles. The second-order valence-electron chi connectivity index (χ2n) is 6.66. The van der Waals surface area contributed by atoms with E-state index in [0.717, 1.165) is 53.2 Å². The van der Waals surface area contributed by atoms with E-state index in [1.807, 2.05) is 49.5 Å². The summed E-state index contributed by atoms with van der Waals surface area (Å²) in [4.78, 5) is 4.76. The molecule has 0 spiro atoms. The maximum absolute atomic E-state index is 12.5. The van der Waals surface area contributed by atoms with Gasteiger partial charge in [0.1, 0.15) is 13.6 Å². The van der Waals surface area contributed by atoms with Crippen molar-refractivity contribution >= 4 is 24.1 Å². The van der Waals surface area contributed by atoms with E-state index < -0.39 is 7.80 Å². The van der Waals surface area contributed by atoms with Crippen molar-refractivity contribution in [2.75, 3.05) is 6.16 Å². The molecule has 0 N–H and O–H groups in total. The van der Waals surface area contributed by atoms with Crippen LogP contribution in [0.25, 0.3) is 11.0 Å². The molecule has 0 saturated carbocycles. The number of hydrogen-bond donors (Lipinski definition) is 0. The summed E-state index contributed by atoms with van der Waals surface area (Å²) < 4.78 is 14.6. The Morgan fingerprint density at radius 1 is 1.15 bits per heavy atom. The third-order valence-electron chi connectivity index (χ3n) is 4.75. The van der Waals surface area contributed by atoms with Gasteiger partial charge < -0.3 is 9.13 Å². The zero-order valence-corrected chi connectivity index (χ0v) is 16.3. The van der Waals surface area contributed by atoms with Crippen molar-refractivity contribution in [1.29, 1.82) is 5.26 Å². The fourth-order valence-corrected chi connectivity index (χ4v) is 4.57. The molecule has 0 aliphatic heterocycles. The molecule has 1 unspecified atom stereocenters. The van der Waals surface area contributed by atoms with Crippen LogP contribution in [0.5, 0.6) is 0 Å². The van der Waals surface area contributed by atoms with E-state index >= 15 is 0 Å². The van der Waals surface area contributed by atoms with Gasteiger partial charge in [-0.25, -0.2) is 4.98 Å². The summed E-state index contributed by atoms with van der Waals surface area (Å²) in [5.41, 5.74) is 3.75. The number of benzene rings is 2. The summed E-state index contributed by atoms with van der Waals surface area (Å²) in [6, 6.07) is 15.7. The molecular formula is C21H24N3OP. The van der Waals surface area contributed by atoms with Crippen LogP contribution in [0.4, 0.5) is 0 Å². The van der Waals surface area contributed by atoms with Gasteiger partial charge in [-0.3, -0.25) is 0 Å². The normalized spacial score (nSPS) is 12.2. The van der Waals surface area contributed by atoms with Crippen molar-refractivity contribution in [1.82, 2.24) is 9.55 Å². The number of rotatable bonds is 7. The highest BCUT2D eigenvalue weighted by Gasteiger charge is 2.11. The second-order valence-corrected chi connectivity index (χ2v) is 8.58. The van der Waals surface area contributed by atoms with Gasteiger partial charge in [-0.1, -0.05) is 31.9 Å². The maximum atomic E-state index is 12.5. The Labute approximate surface area is 155 Å². The van der Waals surface area contributed by atoms with Crippen LogP contribution in [0, 0.1) is 11.3 Å². The molecule has 0 radical (unpaired) electrons. The molecule has 1 aromatic heterocycles. The molecule has 0 aliphatic rings. The first-order valence-electron chi connectivity index (χ1n) is 9.10. The van der Waals surface area contributed by atoms with Gasteiger partial charge in [0.15, 0.2) is 0 Å². The number of imidazole rings is 1. The summed E-state index contributed by atoms with van der Waals surface area (Å²) in [5.74, 6) is 0.965. The third kappa shape index (κ3) is 4.06. The molecule has 4 nitrogen and oxygen atoms in total. The summed E-state index contributed by atoms with van der Waals surface area (Å²) >= 11 is 0. The predicted octanol–water partition coefficient (Wildman–Crippen LogP) is 4.41. The topological polar surface area (TPSA) is 58.7 Å². The van der Waals surface area contributed by atoms with Crippen LogP contribution in [-0.4, -0.2) is 15.7 Å². The van der Waals surface area contributed by atoms with Crippen molar-refractivity contribution in [3.05, 3.63) is 59.4 Å². The zero-order valence-electron chi connectivity index (χ0n) is 15.3. The van der Waals surface area contributed by atoms with Crippen LogP contribution in [-0.2, 0) is 18.0 Å². The van der Waals surface area contributed by atoms with Gasteiger partial charge in [0.05, 0.1) is 22.7 Å². The number of aromatic nitrogens is 2. The van der Waals surface area contributed by atoms with Crippen molar-refractivity contribution in [2.24, 2.45) is 7.05 Å². The second kappa shape index (κ2) is 8.34. The number of nitrogens with zero attached hydrogens (tertiary/aromatic N) is 3. The Balaban J connectivity index is 1.82. The van der Waals surface area contributed by atoms with Crippen LogP contribution < -0.4 is 5.30 Å². The molecule has 3 rings (SSSR count). The standard InChI is InChI=1S/C21H24N3OP/c1-3-4-5-12-26(25)18-10-11-20-19(14-18)23-21(24(20)2)13-16-6-8-17(15-22)9-7-16/h6-11,14,26H,3-5,12-13H2,1-2H3. The monoisotopic (exact) mass is 365 g/mol. The Hall–Kier alpha value is -2.37. The zero-order chi connectivity index (χ0) is 18.5. The number of fused-ring (bicyclic) bond motifs is 1. The molecular weight excluding hydrogens is 341 g/mol. The van der Waals surface area contributed by atoms with Gasteiger partial charge in [0.2, 0.25) is 0 Å². The van der Waals surface area contributed by atoms with Gasteiger partial charge in [-0.2, -0.15) is 5.26 Å². The summed E-state index contributed by atoms with van der Waals surface area (Å²) in [5, 5.41) is 9.84. The summed E-state index contributed by atoms with van der Waals surface area (Å²) in [7, 11) is 0.283. The van der Waals surface area contributed by atoms with E-state index in [1.165, 1.54) is 0 Å². The highest BCUT2D eigenvalue weighted by atomic mass is 31.1. The number of aryl methyl sites for hydroxylation is 1. The Bertz CT molecular complexity index is 967. The van der Waals surface area contributed by atoms with Crippen LogP contribution in [0.1, 0.15) is 43.1 Å². The molecule has 1 atom stereocenters. The smallest absolute Gasteiger partial charge is 0.114 e. The lowest BCUT2D eigenvalue weighted by Crippen LogP contribution is -2.00. The number of unbranched alkanes of at least 4 members (excludes halogenated alkanes) is 2. The fourth-order valence-electron chi connectivity index (χ4n) is 3.14. The lowest BCUT2D eigenvalue weighted by atomic mass is 10.1. The number of hydrogen-bond acceptors (Lipinski definition) is 3. The molecule has 3 aromatic rings. The minimum atomic E-state index is -1.73. The minimum absolute atomic E-state index is 0.664. The maximum Gasteiger partial charge on any atom is 0.114 e. The van der Waals surface area contributed by atoms with Gasteiger partial charge in [0, 0.05) is 24.9 Å². The Morgan fingerprint density at radius 2 is 1.92 bits per heavy atom. The first kappa shape index (κ1) is 18.4. The predicted molar refractivity (Wildman–Crippen MR) is 108 cm³/mol. The molecule has 0 amide bonds. The molecule has 1 heterocycles. The summed E-state index contributed by atoms with van der Waals surface area (Å²) in [6.07, 6.45) is 4.80. The summed E-state index contributed by atoms with van der Waals surface area (Å²) in [6.45, 7) is 2.16.